The largest absolute Gasteiger partial charge is 0.475 e. The molecule has 0 spiro atoms. The molecular weight excluding hydrogens is 314 g/mol. The summed E-state index contributed by atoms with van der Waals surface area (Å²) < 4.78 is 10.6. The SMILES string of the molecule is CC(C)(C)N1CC(Br)C2OC=CC(OC(N)=O)=CN21. The van der Waals surface area contributed by atoms with Gasteiger partial charge in [0.1, 0.15) is 0 Å². The molecule has 0 saturated carbocycles. The minimum Gasteiger partial charge on any atom is -0.475 e. The van der Waals surface area contributed by atoms with Gasteiger partial charge in [0.25, 0.3) is 0 Å². The number of ether oxygens (including phenoxy) is 2. The van der Waals surface area contributed by atoms with Crippen LogP contribution in [0, 0.1) is 0 Å². The lowest BCUT2D eigenvalue weighted by Crippen LogP contribution is -2.48. The van der Waals surface area contributed by atoms with Crippen LogP contribution in [0.2, 0.25) is 0 Å². The third kappa shape index (κ3) is 3.03. The third-order valence-corrected chi connectivity index (χ3v) is 3.64. The summed E-state index contributed by atoms with van der Waals surface area (Å²) in [5.41, 5.74) is 4.96. The number of nitrogens with two attached hydrogens (primary N) is 1. The highest BCUT2D eigenvalue weighted by Gasteiger charge is 2.43. The van der Waals surface area contributed by atoms with E-state index in [9.17, 15) is 4.79 Å². The summed E-state index contributed by atoms with van der Waals surface area (Å²) >= 11 is 3.61. The predicted octanol–water partition coefficient (Wildman–Crippen LogP) is 1.89. The summed E-state index contributed by atoms with van der Waals surface area (Å²) in [6.45, 7) is 7.12. The maximum absolute atomic E-state index is 10.9. The fourth-order valence-corrected chi connectivity index (χ4v) is 2.74. The van der Waals surface area contributed by atoms with Gasteiger partial charge in [0.05, 0.1) is 17.3 Å². The molecule has 0 bridgehead atoms. The molecule has 1 fully saturated rings. The molecule has 1 amide bonds. The molecule has 0 aromatic rings. The molecule has 2 N–H and O–H groups in total. The van der Waals surface area contributed by atoms with Gasteiger partial charge in [0, 0.05) is 18.2 Å². The molecule has 2 aliphatic rings. The summed E-state index contributed by atoms with van der Waals surface area (Å²) in [6, 6.07) is 0. The molecule has 7 heteroatoms. The van der Waals surface area contributed by atoms with E-state index in [2.05, 4.69) is 41.7 Å². The van der Waals surface area contributed by atoms with Crippen LogP contribution in [-0.4, -0.2) is 39.2 Å². The quantitative estimate of drug-likeness (QED) is 0.743. The summed E-state index contributed by atoms with van der Waals surface area (Å²) in [4.78, 5) is 11.0. The third-order valence-electron chi connectivity index (χ3n) is 2.90. The average Bonchev–Trinajstić information content (AvgIpc) is 2.45. The van der Waals surface area contributed by atoms with E-state index in [1.54, 1.807) is 12.3 Å². The first kappa shape index (κ1) is 14.2. The summed E-state index contributed by atoms with van der Waals surface area (Å²) in [6.07, 6.45) is 3.80. The van der Waals surface area contributed by atoms with Crippen LogP contribution in [0.4, 0.5) is 4.79 Å². The molecule has 1 saturated heterocycles. The Morgan fingerprint density at radius 2 is 2.26 bits per heavy atom. The first-order valence-electron chi connectivity index (χ1n) is 6.00. The first-order valence-corrected chi connectivity index (χ1v) is 6.91. The smallest absolute Gasteiger partial charge is 0.410 e. The van der Waals surface area contributed by atoms with Gasteiger partial charge in [0.15, 0.2) is 12.0 Å². The van der Waals surface area contributed by atoms with Gasteiger partial charge in [-0.1, -0.05) is 15.9 Å². The monoisotopic (exact) mass is 331 g/mol. The number of hydrogen-bond acceptors (Lipinski definition) is 5. The van der Waals surface area contributed by atoms with Gasteiger partial charge in [0.2, 0.25) is 0 Å². The van der Waals surface area contributed by atoms with Crippen molar-refractivity contribution in [3.63, 3.8) is 0 Å². The second kappa shape index (κ2) is 5.05. The second-order valence-corrected chi connectivity index (χ2v) is 6.61. The van der Waals surface area contributed by atoms with Crippen LogP contribution in [-0.2, 0) is 9.47 Å². The molecule has 6 nitrogen and oxygen atoms in total. The van der Waals surface area contributed by atoms with Crippen LogP contribution in [0.25, 0.3) is 0 Å². The van der Waals surface area contributed by atoms with E-state index in [4.69, 9.17) is 15.2 Å². The van der Waals surface area contributed by atoms with Crippen molar-refractivity contribution in [2.45, 2.75) is 37.4 Å². The van der Waals surface area contributed by atoms with E-state index in [0.29, 0.717) is 5.76 Å². The number of allylic oxidation sites excluding steroid dienone is 1. The fourth-order valence-electron chi connectivity index (χ4n) is 2.10. The Morgan fingerprint density at radius 1 is 1.58 bits per heavy atom. The van der Waals surface area contributed by atoms with Crippen molar-refractivity contribution in [1.29, 1.82) is 0 Å². The number of primary amides is 1. The van der Waals surface area contributed by atoms with Crippen LogP contribution in [0.15, 0.2) is 24.3 Å². The molecule has 2 heterocycles. The predicted molar refractivity (Wildman–Crippen MR) is 73.8 cm³/mol. The van der Waals surface area contributed by atoms with Gasteiger partial charge in [-0.05, 0) is 20.8 Å². The highest BCUT2D eigenvalue weighted by atomic mass is 79.9. The molecule has 106 valence electrons. The van der Waals surface area contributed by atoms with Crippen molar-refractivity contribution in [3.8, 4) is 0 Å². The van der Waals surface area contributed by atoms with Crippen molar-refractivity contribution in [1.82, 2.24) is 10.0 Å². The highest BCUT2D eigenvalue weighted by Crippen LogP contribution is 2.33. The molecule has 0 aliphatic carbocycles. The van der Waals surface area contributed by atoms with Crippen LogP contribution in [0.1, 0.15) is 20.8 Å². The van der Waals surface area contributed by atoms with E-state index in [1.807, 2.05) is 5.01 Å². The van der Waals surface area contributed by atoms with Crippen LogP contribution in [0.3, 0.4) is 0 Å². The standard InChI is InChI=1S/C12H18BrN3O3/c1-12(2,3)16-7-9(13)10-15(16)6-8(4-5-18-10)19-11(14)17/h4-6,9-10H,7H2,1-3H3,(H2,14,17). The lowest BCUT2D eigenvalue weighted by Gasteiger charge is -2.39. The number of fused-ring (bicyclic) bond motifs is 1. The second-order valence-electron chi connectivity index (χ2n) is 5.43. The van der Waals surface area contributed by atoms with E-state index < -0.39 is 6.09 Å². The molecular formula is C12H18BrN3O3. The van der Waals surface area contributed by atoms with E-state index in [1.165, 1.54) is 6.26 Å². The Labute approximate surface area is 120 Å². The molecule has 2 atom stereocenters. The minimum atomic E-state index is -0.841. The molecule has 2 rings (SSSR count). The molecule has 2 unspecified atom stereocenters. The van der Waals surface area contributed by atoms with Crippen molar-refractivity contribution in [2.24, 2.45) is 5.73 Å². The van der Waals surface area contributed by atoms with Crippen molar-refractivity contribution >= 4 is 22.0 Å². The van der Waals surface area contributed by atoms with Gasteiger partial charge in [-0.25, -0.2) is 9.80 Å². The maximum Gasteiger partial charge on any atom is 0.410 e. The van der Waals surface area contributed by atoms with Crippen molar-refractivity contribution < 1.29 is 14.3 Å². The minimum absolute atomic E-state index is 0.0806. The first-order chi connectivity index (χ1) is 8.79. The normalized spacial score (nSPS) is 27.4. The number of alkyl halides is 1. The Kier molecular flexibility index (Phi) is 3.78. The summed E-state index contributed by atoms with van der Waals surface area (Å²) in [7, 11) is 0. The topological polar surface area (TPSA) is 68.0 Å². The number of hydrazine groups is 1. The number of carbonyl (C=O) groups excluding carboxylic acids is 1. The average molecular weight is 332 g/mol. The Bertz CT molecular complexity index is 430. The maximum atomic E-state index is 10.9. The Hall–Kier alpha value is -1.21. The molecule has 19 heavy (non-hydrogen) atoms. The zero-order chi connectivity index (χ0) is 14.2. The zero-order valence-corrected chi connectivity index (χ0v) is 12.8. The number of amides is 1. The lowest BCUT2D eigenvalue weighted by atomic mass is 10.1. The van der Waals surface area contributed by atoms with Gasteiger partial charge >= 0.3 is 6.09 Å². The summed E-state index contributed by atoms with van der Waals surface area (Å²) in [5.74, 6) is 0.353. The number of nitrogens with zero attached hydrogens (tertiary/aromatic N) is 2. The van der Waals surface area contributed by atoms with Gasteiger partial charge in [-0.15, -0.1) is 0 Å². The highest BCUT2D eigenvalue weighted by molar-refractivity contribution is 9.09. The fraction of sp³-hybridized carbons (Fsp3) is 0.583. The molecule has 2 aliphatic heterocycles. The van der Waals surface area contributed by atoms with Gasteiger partial charge in [-0.2, -0.15) is 0 Å². The van der Waals surface area contributed by atoms with Crippen molar-refractivity contribution in [2.75, 3.05) is 6.54 Å². The van der Waals surface area contributed by atoms with Crippen LogP contribution in [0.5, 0.6) is 0 Å². The van der Waals surface area contributed by atoms with E-state index in [0.717, 1.165) is 6.54 Å². The van der Waals surface area contributed by atoms with Gasteiger partial charge < -0.3 is 15.2 Å². The van der Waals surface area contributed by atoms with Crippen LogP contribution < -0.4 is 5.73 Å². The number of rotatable bonds is 1. The number of carbonyl (C=O) groups is 1. The molecule has 0 radical (unpaired) electrons. The molecule has 0 aromatic heterocycles. The zero-order valence-electron chi connectivity index (χ0n) is 11.2. The van der Waals surface area contributed by atoms with Gasteiger partial charge in [-0.3, -0.25) is 5.01 Å². The number of hydrogen-bond donors (Lipinski definition) is 1. The summed E-state index contributed by atoms with van der Waals surface area (Å²) in [5, 5.41) is 4.08. The van der Waals surface area contributed by atoms with E-state index in [-0.39, 0.29) is 16.6 Å². The van der Waals surface area contributed by atoms with Crippen LogP contribution >= 0.6 is 15.9 Å². The van der Waals surface area contributed by atoms with Crippen molar-refractivity contribution in [3.05, 3.63) is 24.3 Å². The Balaban J connectivity index is 2.29. The Morgan fingerprint density at radius 3 is 2.84 bits per heavy atom. The lowest BCUT2D eigenvalue weighted by molar-refractivity contribution is -0.0909. The molecule has 0 aromatic carbocycles. The van der Waals surface area contributed by atoms with E-state index >= 15 is 0 Å². The number of halogens is 1.